The number of aromatic nitrogens is 4. The molecule has 1 aliphatic heterocycles. The van der Waals surface area contributed by atoms with Crippen LogP contribution >= 0.6 is 0 Å². The second-order valence-corrected chi connectivity index (χ2v) is 13.3. The van der Waals surface area contributed by atoms with Crippen LogP contribution in [0.3, 0.4) is 0 Å². The third kappa shape index (κ3) is 5.85. The average molecular weight is 587 g/mol. The van der Waals surface area contributed by atoms with Crippen LogP contribution in [0.5, 0.6) is 11.5 Å². The van der Waals surface area contributed by atoms with Gasteiger partial charge in [0, 0.05) is 6.26 Å². The Morgan fingerprint density at radius 1 is 1.07 bits per heavy atom. The summed E-state index contributed by atoms with van der Waals surface area (Å²) in [7, 11) is -7.68. The lowest BCUT2D eigenvalue weighted by Gasteiger charge is -2.24. The van der Waals surface area contributed by atoms with Crippen molar-refractivity contribution in [2.45, 2.75) is 23.4 Å². The summed E-state index contributed by atoms with van der Waals surface area (Å²) in [6, 6.07) is 16.5. The first-order chi connectivity index (χ1) is 18.9. The molecule has 2 N–H and O–H groups in total. The van der Waals surface area contributed by atoms with Gasteiger partial charge in [-0.3, -0.25) is 4.79 Å². The summed E-state index contributed by atoms with van der Waals surface area (Å²) < 4.78 is 70.3. The lowest BCUT2D eigenvalue weighted by atomic mass is 10.1. The zero-order chi connectivity index (χ0) is 28.7. The standard InChI is InChI=1S/C25H23FN6O6S2/c1-39(34,35)15-32-29-24(28-30-32)19-11-22-23(12-20(19)26)40(36,37)14-21(27)25(33)31(22)13-16-7-9-18(10-8-16)38-17-5-3-2-4-6-17/h2-12,21H,13-15,27H2,1H3/t21-/m0/s1. The van der Waals surface area contributed by atoms with Crippen LogP contribution in [0, 0.1) is 5.82 Å². The summed E-state index contributed by atoms with van der Waals surface area (Å²) in [5.41, 5.74) is 6.19. The van der Waals surface area contributed by atoms with Crippen molar-refractivity contribution in [3.63, 3.8) is 0 Å². The van der Waals surface area contributed by atoms with E-state index in [4.69, 9.17) is 10.5 Å². The van der Waals surface area contributed by atoms with E-state index >= 15 is 4.39 Å². The zero-order valence-electron chi connectivity index (χ0n) is 21.0. The molecule has 0 bridgehead atoms. The van der Waals surface area contributed by atoms with Gasteiger partial charge in [0.15, 0.2) is 25.6 Å². The minimum Gasteiger partial charge on any atom is -0.457 e. The van der Waals surface area contributed by atoms with E-state index in [1.54, 1.807) is 36.4 Å². The highest BCUT2D eigenvalue weighted by Gasteiger charge is 2.37. The molecular weight excluding hydrogens is 563 g/mol. The van der Waals surface area contributed by atoms with Gasteiger partial charge in [-0.05, 0) is 47.2 Å². The Hall–Kier alpha value is -4.21. The summed E-state index contributed by atoms with van der Waals surface area (Å²) in [6.07, 6.45) is 0.969. The Balaban J connectivity index is 1.53. The average Bonchev–Trinajstić information content (AvgIpc) is 3.32. The van der Waals surface area contributed by atoms with Gasteiger partial charge < -0.3 is 15.4 Å². The Labute approximate surface area is 229 Å². The number of para-hydroxylation sites is 1. The second-order valence-electron chi connectivity index (χ2n) is 9.21. The fourth-order valence-electron chi connectivity index (χ4n) is 4.14. The number of tetrazole rings is 1. The fourth-order valence-corrected chi connectivity index (χ4v) is 6.23. The van der Waals surface area contributed by atoms with Crippen molar-refractivity contribution in [1.29, 1.82) is 0 Å². The molecule has 0 fully saturated rings. The monoisotopic (exact) mass is 586 g/mol. The molecule has 1 aliphatic rings. The first-order valence-electron chi connectivity index (χ1n) is 11.8. The molecule has 40 heavy (non-hydrogen) atoms. The molecule has 208 valence electrons. The van der Waals surface area contributed by atoms with E-state index in [2.05, 4.69) is 15.4 Å². The topological polar surface area (TPSA) is 167 Å². The number of halogens is 1. The molecule has 12 nitrogen and oxygen atoms in total. The Kier molecular flexibility index (Phi) is 7.12. The lowest BCUT2D eigenvalue weighted by Crippen LogP contribution is -2.45. The molecule has 5 rings (SSSR count). The Bertz CT molecular complexity index is 1800. The van der Waals surface area contributed by atoms with Gasteiger partial charge in [0.25, 0.3) is 0 Å². The number of hydrogen-bond acceptors (Lipinski definition) is 10. The molecular formula is C25H23FN6O6S2. The summed E-state index contributed by atoms with van der Waals surface area (Å²) in [5.74, 6) is -2.08. The van der Waals surface area contributed by atoms with E-state index in [-0.39, 0.29) is 23.6 Å². The molecule has 0 radical (unpaired) electrons. The molecule has 1 atom stereocenters. The lowest BCUT2D eigenvalue weighted by molar-refractivity contribution is -0.119. The SMILES string of the molecule is CS(=O)(=O)Cn1nnc(-c2cc3c(cc2F)S(=O)(=O)C[C@H](N)C(=O)N3Cc2ccc(Oc3ccccc3)cc2)n1. The maximum Gasteiger partial charge on any atom is 0.245 e. The maximum absolute atomic E-state index is 15.2. The van der Waals surface area contributed by atoms with Crippen molar-refractivity contribution in [1.82, 2.24) is 20.2 Å². The van der Waals surface area contributed by atoms with Crippen LogP contribution in [0.25, 0.3) is 11.4 Å². The number of rotatable bonds is 7. The minimum atomic E-state index is -4.16. The van der Waals surface area contributed by atoms with E-state index in [9.17, 15) is 21.6 Å². The molecule has 0 saturated heterocycles. The molecule has 2 heterocycles. The van der Waals surface area contributed by atoms with Crippen molar-refractivity contribution >= 4 is 31.3 Å². The number of carbonyl (C=O) groups excluding carboxylic acids is 1. The first-order valence-corrected chi connectivity index (χ1v) is 15.5. The quantitative estimate of drug-likeness (QED) is 0.338. The number of amides is 1. The highest BCUT2D eigenvalue weighted by molar-refractivity contribution is 7.91. The van der Waals surface area contributed by atoms with Crippen LogP contribution in [0.15, 0.2) is 71.6 Å². The molecule has 1 amide bonds. The summed E-state index contributed by atoms with van der Waals surface area (Å²) in [4.78, 5) is 14.8. The van der Waals surface area contributed by atoms with Crippen molar-refractivity contribution in [2.24, 2.45) is 5.73 Å². The number of fused-ring (bicyclic) bond motifs is 1. The number of sulfone groups is 2. The predicted molar refractivity (Wildman–Crippen MR) is 142 cm³/mol. The maximum atomic E-state index is 15.2. The largest absolute Gasteiger partial charge is 0.457 e. The van der Waals surface area contributed by atoms with Crippen LogP contribution in [0.2, 0.25) is 0 Å². The van der Waals surface area contributed by atoms with E-state index in [0.29, 0.717) is 17.1 Å². The molecule has 1 aromatic heterocycles. The number of hydrogen-bond donors (Lipinski definition) is 1. The normalized spacial score (nSPS) is 16.8. The van der Waals surface area contributed by atoms with Crippen molar-refractivity contribution in [3.8, 4) is 22.9 Å². The molecule has 0 aliphatic carbocycles. The fraction of sp³-hybridized carbons (Fsp3) is 0.200. The van der Waals surface area contributed by atoms with Gasteiger partial charge in [0.1, 0.15) is 17.3 Å². The zero-order valence-corrected chi connectivity index (χ0v) is 22.6. The summed E-state index contributed by atoms with van der Waals surface area (Å²) >= 11 is 0. The molecule has 3 aromatic carbocycles. The number of nitrogens with two attached hydrogens (primary N) is 1. The van der Waals surface area contributed by atoms with Gasteiger partial charge in [0.2, 0.25) is 11.7 Å². The van der Waals surface area contributed by atoms with Crippen molar-refractivity contribution in [2.75, 3.05) is 16.9 Å². The van der Waals surface area contributed by atoms with Crippen LogP contribution in [-0.4, -0.2) is 61.0 Å². The van der Waals surface area contributed by atoms with Crippen LogP contribution < -0.4 is 15.4 Å². The van der Waals surface area contributed by atoms with Gasteiger partial charge >= 0.3 is 0 Å². The second kappa shape index (κ2) is 10.4. The van der Waals surface area contributed by atoms with Crippen LogP contribution in [0.4, 0.5) is 10.1 Å². The molecule has 0 spiro atoms. The van der Waals surface area contributed by atoms with E-state index in [0.717, 1.165) is 23.2 Å². The molecule has 4 aromatic rings. The first kappa shape index (κ1) is 27.4. The smallest absolute Gasteiger partial charge is 0.245 e. The number of anilines is 1. The minimum absolute atomic E-state index is 0.0834. The number of benzene rings is 3. The van der Waals surface area contributed by atoms with E-state index in [1.807, 2.05) is 18.2 Å². The third-order valence-corrected chi connectivity index (χ3v) is 8.44. The van der Waals surface area contributed by atoms with Gasteiger partial charge in [-0.2, -0.15) is 0 Å². The van der Waals surface area contributed by atoms with Crippen LogP contribution in [-0.2, 0) is 36.9 Å². The van der Waals surface area contributed by atoms with Crippen molar-refractivity contribution in [3.05, 3.63) is 78.1 Å². The van der Waals surface area contributed by atoms with Gasteiger partial charge in [0.05, 0.1) is 34.5 Å². The predicted octanol–water partition coefficient (Wildman–Crippen LogP) is 1.92. The molecule has 0 unspecified atom stereocenters. The highest BCUT2D eigenvalue weighted by Crippen LogP contribution is 2.36. The number of ether oxygens (including phenoxy) is 1. The summed E-state index contributed by atoms with van der Waals surface area (Å²) in [5, 5.41) is 11.2. The van der Waals surface area contributed by atoms with E-state index < -0.39 is 54.0 Å². The summed E-state index contributed by atoms with van der Waals surface area (Å²) in [6.45, 7) is -0.0834. The molecule has 0 saturated carbocycles. The van der Waals surface area contributed by atoms with Crippen molar-refractivity contribution < 1.29 is 30.8 Å². The third-order valence-electron chi connectivity index (χ3n) is 5.94. The number of nitrogens with zero attached hydrogens (tertiary/aromatic N) is 5. The molecule has 15 heteroatoms. The van der Waals surface area contributed by atoms with Gasteiger partial charge in [-0.25, -0.2) is 21.2 Å². The van der Waals surface area contributed by atoms with Crippen LogP contribution in [0.1, 0.15) is 5.56 Å². The Morgan fingerprint density at radius 2 is 1.75 bits per heavy atom. The number of carbonyl (C=O) groups is 1. The van der Waals surface area contributed by atoms with Gasteiger partial charge in [-0.15, -0.1) is 15.0 Å². The Morgan fingerprint density at radius 3 is 2.42 bits per heavy atom. The highest BCUT2D eigenvalue weighted by atomic mass is 32.2. The van der Waals surface area contributed by atoms with E-state index in [1.165, 1.54) is 4.90 Å². The van der Waals surface area contributed by atoms with Gasteiger partial charge in [-0.1, -0.05) is 30.3 Å².